The molecule has 1 heterocycles. The molecule has 1 aliphatic rings. The molecule has 0 aliphatic carbocycles. The molecule has 1 aliphatic heterocycles. The summed E-state index contributed by atoms with van der Waals surface area (Å²) in [5, 5.41) is 2.67. The fraction of sp³-hybridized carbons (Fsp3) is 0.263. The first-order valence-electron chi connectivity index (χ1n) is 8.07. The molecule has 5 heteroatoms. The van der Waals surface area contributed by atoms with E-state index in [0.29, 0.717) is 6.54 Å². The second-order valence-corrected chi connectivity index (χ2v) is 5.79. The van der Waals surface area contributed by atoms with Crippen LogP contribution in [0.1, 0.15) is 28.8 Å². The van der Waals surface area contributed by atoms with Crippen molar-refractivity contribution in [2.24, 2.45) is 0 Å². The van der Waals surface area contributed by atoms with Gasteiger partial charge < -0.3 is 10.2 Å². The lowest BCUT2D eigenvalue weighted by molar-refractivity contribution is -0.118. The molecule has 3 rings (SSSR count). The van der Waals surface area contributed by atoms with Crippen LogP contribution in [0.25, 0.3) is 0 Å². The summed E-state index contributed by atoms with van der Waals surface area (Å²) in [7, 11) is 0. The number of carbonyl (C=O) groups is 2. The van der Waals surface area contributed by atoms with Crippen LogP contribution in [-0.4, -0.2) is 24.9 Å². The molecule has 0 aromatic heterocycles. The molecule has 4 nitrogen and oxygen atoms in total. The van der Waals surface area contributed by atoms with Gasteiger partial charge in [0.15, 0.2) is 0 Å². The molecule has 0 bridgehead atoms. The zero-order valence-corrected chi connectivity index (χ0v) is 13.3. The SMILES string of the molecule is O=C(NCCC(=O)N1CCCc2ccccc21)c1cccc(F)c1. The van der Waals surface area contributed by atoms with Gasteiger partial charge in [-0.05, 0) is 42.7 Å². The summed E-state index contributed by atoms with van der Waals surface area (Å²) in [5.41, 5.74) is 2.40. The quantitative estimate of drug-likeness (QED) is 0.939. The highest BCUT2D eigenvalue weighted by Crippen LogP contribution is 2.26. The van der Waals surface area contributed by atoms with E-state index in [0.717, 1.165) is 18.5 Å². The number of nitrogens with one attached hydrogen (secondary N) is 1. The Morgan fingerprint density at radius 1 is 1.12 bits per heavy atom. The predicted octanol–water partition coefficient (Wildman–Crippen LogP) is 2.93. The standard InChI is InChI=1S/C19H19FN2O2/c20-16-8-3-6-15(13-16)19(24)21-11-10-18(23)22-12-4-7-14-5-1-2-9-17(14)22/h1-3,5-6,8-9,13H,4,7,10-12H2,(H,21,24). The van der Waals surface area contributed by atoms with Crippen molar-refractivity contribution in [3.05, 3.63) is 65.5 Å². The Morgan fingerprint density at radius 2 is 1.96 bits per heavy atom. The van der Waals surface area contributed by atoms with E-state index >= 15 is 0 Å². The Morgan fingerprint density at radius 3 is 2.79 bits per heavy atom. The van der Waals surface area contributed by atoms with Gasteiger partial charge in [-0.2, -0.15) is 0 Å². The molecule has 1 N–H and O–H groups in total. The molecule has 124 valence electrons. The van der Waals surface area contributed by atoms with Gasteiger partial charge in [0.1, 0.15) is 5.82 Å². The van der Waals surface area contributed by atoms with Crippen LogP contribution in [-0.2, 0) is 11.2 Å². The first-order chi connectivity index (χ1) is 11.6. The summed E-state index contributed by atoms with van der Waals surface area (Å²) in [6.45, 7) is 0.931. The summed E-state index contributed by atoms with van der Waals surface area (Å²) in [6.07, 6.45) is 2.14. The zero-order valence-electron chi connectivity index (χ0n) is 13.3. The van der Waals surface area contributed by atoms with Gasteiger partial charge in [0.2, 0.25) is 5.91 Å². The lowest BCUT2D eigenvalue weighted by Gasteiger charge is -2.29. The summed E-state index contributed by atoms with van der Waals surface area (Å²) in [4.78, 5) is 26.2. The van der Waals surface area contributed by atoms with E-state index in [4.69, 9.17) is 0 Å². The van der Waals surface area contributed by atoms with Crippen LogP contribution < -0.4 is 10.2 Å². The van der Waals surface area contributed by atoms with Gasteiger partial charge >= 0.3 is 0 Å². The molecule has 2 amide bonds. The lowest BCUT2D eigenvalue weighted by Crippen LogP contribution is -2.37. The van der Waals surface area contributed by atoms with E-state index in [9.17, 15) is 14.0 Å². The number of benzene rings is 2. The third-order valence-electron chi connectivity index (χ3n) is 4.12. The van der Waals surface area contributed by atoms with E-state index in [1.165, 1.54) is 23.8 Å². The molecule has 0 radical (unpaired) electrons. The minimum Gasteiger partial charge on any atom is -0.352 e. The largest absolute Gasteiger partial charge is 0.352 e. The lowest BCUT2D eigenvalue weighted by atomic mass is 10.0. The molecular weight excluding hydrogens is 307 g/mol. The van der Waals surface area contributed by atoms with Crippen LogP contribution in [0.3, 0.4) is 0 Å². The topological polar surface area (TPSA) is 49.4 Å². The first kappa shape index (κ1) is 16.2. The van der Waals surface area contributed by atoms with Gasteiger partial charge in [-0.1, -0.05) is 24.3 Å². The van der Waals surface area contributed by atoms with Crippen molar-refractivity contribution in [2.75, 3.05) is 18.0 Å². The highest BCUT2D eigenvalue weighted by molar-refractivity contribution is 5.96. The van der Waals surface area contributed by atoms with Crippen LogP contribution in [0.4, 0.5) is 10.1 Å². The number of fused-ring (bicyclic) bond motifs is 1. The number of nitrogens with zero attached hydrogens (tertiary/aromatic N) is 1. The monoisotopic (exact) mass is 326 g/mol. The molecule has 2 aromatic carbocycles. The second-order valence-electron chi connectivity index (χ2n) is 5.79. The van der Waals surface area contributed by atoms with Crippen LogP contribution in [0.2, 0.25) is 0 Å². The fourth-order valence-electron chi connectivity index (χ4n) is 2.94. The third kappa shape index (κ3) is 3.62. The molecule has 0 saturated heterocycles. The molecule has 0 fully saturated rings. The van der Waals surface area contributed by atoms with Crippen LogP contribution in [0.5, 0.6) is 0 Å². The molecule has 0 spiro atoms. The molecular formula is C19H19FN2O2. The summed E-state index contributed by atoms with van der Waals surface area (Å²) >= 11 is 0. The number of para-hydroxylation sites is 1. The van der Waals surface area contributed by atoms with Crippen molar-refractivity contribution in [1.29, 1.82) is 0 Å². The Balaban J connectivity index is 1.56. The average molecular weight is 326 g/mol. The molecule has 2 aromatic rings. The number of amides is 2. The summed E-state index contributed by atoms with van der Waals surface area (Å²) < 4.78 is 13.1. The van der Waals surface area contributed by atoms with E-state index in [-0.39, 0.29) is 30.3 Å². The fourth-order valence-corrected chi connectivity index (χ4v) is 2.94. The van der Waals surface area contributed by atoms with E-state index in [1.54, 1.807) is 11.0 Å². The Bertz CT molecular complexity index is 761. The molecule has 24 heavy (non-hydrogen) atoms. The van der Waals surface area contributed by atoms with Crippen molar-refractivity contribution in [3.63, 3.8) is 0 Å². The van der Waals surface area contributed by atoms with Gasteiger partial charge in [0.25, 0.3) is 5.91 Å². The smallest absolute Gasteiger partial charge is 0.251 e. The van der Waals surface area contributed by atoms with Crippen LogP contribution in [0.15, 0.2) is 48.5 Å². The maximum absolute atomic E-state index is 13.1. The molecule has 0 saturated carbocycles. The van der Waals surface area contributed by atoms with E-state index in [2.05, 4.69) is 5.32 Å². The number of aryl methyl sites for hydroxylation is 1. The normalized spacial score (nSPS) is 13.3. The number of hydrogen-bond donors (Lipinski definition) is 1. The highest BCUT2D eigenvalue weighted by atomic mass is 19.1. The molecule has 0 atom stereocenters. The van der Waals surface area contributed by atoms with Gasteiger partial charge in [0.05, 0.1) is 0 Å². The Labute approximate surface area is 140 Å². The van der Waals surface area contributed by atoms with Gasteiger partial charge in [-0.3, -0.25) is 9.59 Å². The minimum atomic E-state index is -0.455. The van der Waals surface area contributed by atoms with E-state index < -0.39 is 5.82 Å². The summed E-state index contributed by atoms with van der Waals surface area (Å²) in [5.74, 6) is -0.841. The highest BCUT2D eigenvalue weighted by Gasteiger charge is 2.21. The number of carbonyl (C=O) groups excluding carboxylic acids is 2. The van der Waals surface area contributed by atoms with Crippen molar-refractivity contribution >= 4 is 17.5 Å². The number of rotatable bonds is 4. The number of hydrogen-bond acceptors (Lipinski definition) is 2. The molecule has 0 unspecified atom stereocenters. The average Bonchev–Trinajstić information content (AvgIpc) is 2.61. The van der Waals surface area contributed by atoms with Gasteiger partial charge in [-0.25, -0.2) is 4.39 Å². The van der Waals surface area contributed by atoms with Crippen molar-refractivity contribution in [3.8, 4) is 0 Å². The van der Waals surface area contributed by atoms with Gasteiger partial charge in [-0.15, -0.1) is 0 Å². The second kappa shape index (κ2) is 7.25. The van der Waals surface area contributed by atoms with Crippen molar-refractivity contribution < 1.29 is 14.0 Å². The third-order valence-corrected chi connectivity index (χ3v) is 4.12. The van der Waals surface area contributed by atoms with Gasteiger partial charge in [0, 0.05) is 30.8 Å². The minimum absolute atomic E-state index is 0.0123. The maximum atomic E-state index is 13.1. The predicted molar refractivity (Wildman–Crippen MR) is 90.5 cm³/mol. The van der Waals surface area contributed by atoms with Crippen molar-refractivity contribution in [2.45, 2.75) is 19.3 Å². The summed E-state index contributed by atoms with van der Waals surface area (Å²) in [6, 6.07) is 13.4. The maximum Gasteiger partial charge on any atom is 0.251 e. The van der Waals surface area contributed by atoms with Crippen LogP contribution >= 0.6 is 0 Å². The number of anilines is 1. The van der Waals surface area contributed by atoms with Crippen LogP contribution in [0, 0.1) is 5.82 Å². The first-order valence-corrected chi connectivity index (χ1v) is 8.07. The van der Waals surface area contributed by atoms with E-state index in [1.807, 2.05) is 24.3 Å². The Kier molecular flexibility index (Phi) is 4.89. The zero-order chi connectivity index (χ0) is 16.9. The van der Waals surface area contributed by atoms with Crippen molar-refractivity contribution in [1.82, 2.24) is 5.32 Å². The number of halogens is 1. The Hall–Kier alpha value is -2.69.